The van der Waals surface area contributed by atoms with Crippen molar-refractivity contribution in [2.45, 2.75) is 58.0 Å². The maximum atomic E-state index is 13.8. The van der Waals surface area contributed by atoms with Crippen molar-refractivity contribution < 1.29 is 24.0 Å². The van der Waals surface area contributed by atoms with Gasteiger partial charge in [-0.15, -0.1) is 0 Å². The number of Topliss-reactive ketones (excluding diaryl/α,β-unsaturated/α-hetero) is 1. The van der Waals surface area contributed by atoms with Crippen LogP contribution in [0.3, 0.4) is 0 Å². The Hall–Kier alpha value is -4.54. The number of H-pyrrole nitrogens is 1. The quantitative estimate of drug-likeness (QED) is 0.235. The van der Waals surface area contributed by atoms with Crippen LogP contribution >= 0.6 is 0 Å². The molecule has 5 rings (SSSR count). The fourth-order valence-electron chi connectivity index (χ4n) is 6.19. The van der Waals surface area contributed by atoms with Crippen molar-refractivity contribution in [3.8, 4) is 0 Å². The third kappa shape index (κ3) is 7.69. The van der Waals surface area contributed by atoms with E-state index in [0.29, 0.717) is 36.5 Å². The Labute approximate surface area is 256 Å². The number of ketones is 1. The molecule has 11 heteroatoms. The lowest BCUT2D eigenvalue weighted by Crippen LogP contribution is -2.52. The molecule has 4 N–H and O–H groups in total. The number of carbonyl (C=O) groups is 5. The van der Waals surface area contributed by atoms with E-state index in [9.17, 15) is 24.0 Å². The van der Waals surface area contributed by atoms with Gasteiger partial charge in [-0.2, -0.15) is 0 Å². The molecule has 2 fully saturated rings. The number of hydrogen-bond acceptors (Lipinski definition) is 6. The van der Waals surface area contributed by atoms with Crippen LogP contribution in [-0.2, 0) is 25.7 Å². The summed E-state index contributed by atoms with van der Waals surface area (Å²) in [5.74, 6) is -2.64. The molecule has 1 saturated heterocycles. The zero-order chi connectivity index (χ0) is 31.1. The van der Waals surface area contributed by atoms with Crippen molar-refractivity contribution in [3.05, 3.63) is 66.0 Å². The molecule has 44 heavy (non-hydrogen) atoms. The summed E-state index contributed by atoms with van der Waals surface area (Å²) in [7, 11) is 0. The van der Waals surface area contributed by atoms with Crippen LogP contribution in [0.15, 0.2) is 54.6 Å². The first-order valence-corrected chi connectivity index (χ1v) is 15.5. The highest BCUT2D eigenvalue weighted by molar-refractivity contribution is 6.38. The van der Waals surface area contributed by atoms with E-state index in [1.165, 1.54) is 4.90 Å². The molecule has 4 amide bonds. The molecule has 11 nitrogen and oxygen atoms in total. The van der Waals surface area contributed by atoms with Gasteiger partial charge in [0.2, 0.25) is 17.6 Å². The van der Waals surface area contributed by atoms with Gasteiger partial charge in [0, 0.05) is 25.6 Å². The SMILES string of the molecule is CC1CCCCC1CN(CC(=O)N[C@@H](C[C@@H]1CCNC1=O)C(=O)C(=O)NCc1ccccc1)C(=O)c1nc2ccccc2[nH]1. The van der Waals surface area contributed by atoms with Gasteiger partial charge < -0.3 is 25.8 Å². The first-order chi connectivity index (χ1) is 21.3. The largest absolute Gasteiger partial charge is 0.356 e. The Morgan fingerprint density at radius 2 is 1.75 bits per heavy atom. The number of nitrogens with one attached hydrogen (secondary N) is 4. The molecule has 1 aromatic heterocycles. The van der Waals surface area contributed by atoms with Crippen LogP contribution < -0.4 is 16.0 Å². The standard InChI is InChI=1S/C33H40N6O5/c1-21-9-5-6-12-24(21)19-39(33(44)30-37-25-13-7-8-14-26(25)38-30)20-28(40)36-27(17-23-15-16-34-31(23)42)29(41)32(43)35-18-22-10-3-2-4-11-22/h2-4,7-8,10-11,13-14,21,23-24,27H,5-6,9,12,15-20H2,1H3,(H,34,42)(H,35,43)(H,36,40)(H,37,38)/t21?,23-,24?,27-/m0/s1. The van der Waals surface area contributed by atoms with Crippen LogP contribution in [-0.4, -0.2) is 70.0 Å². The molecule has 3 aromatic rings. The number of rotatable bonds is 12. The van der Waals surface area contributed by atoms with Gasteiger partial charge in [0.05, 0.1) is 23.6 Å². The highest BCUT2D eigenvalue weighted by Crippen LogP contribution is 2.30. The lowest BCUT2D eigenvalue weighted by atomic mass is 9.80. The number of benzene rings is 2. The topological polar surface area (TPSA) is 153 Å². The first-order valence-electron chi connectivity index (χ1n) is 15.5. The van der Waals surface area contributed by atoms with Gasteiger partial charge in [-0.05, 0) is 48.8 Å². The number of nitrogens with zero attached hydrogens (tertiary/aromatic N) is 2. The summed E-state index contributed by atoms with van der Waals surface area (Å²) < 4.78 is 0. The maximum Gasteiger partial charge on any atom is 0.290 e. The number of para-hydroxylation sites is 2. The Morgan fingerprint density at radius 3 is 2.48 bits per heavy atom. The van der Waals surface area contributed by atoms with Gasteiger partial charge in [0.1, 0.15) is 0 Å². The van der Waals surface area contributed by atoms with E-state index in [2.05, 4.69) is 32.8 Å². The van der Waals surface area contributed by atoms with Crippen molar-refractivity contribution in [2.24, 2.45) is 17.8 Å². The molecular formula is C33H40N6O5. The van der Waals surface area contributed by atoms with E-state index in [1.807, 2.05) is 48.5 Å². The lowest BCUT2D eigenvalue weighted by molar-refractivity contribution is -0.140. The minimum atomic E-state index is -1.22. The molecule has 4 atom stereocenters. The smallest absolute Gasteiger partial charge is 0.290 e. The van der Waals surface area contributed by atoms with Crippen molar-refractivity contribution in [1.82, 2.24) is 30.8 Å². The minimum Gasteiger partial charge on any atom is -0.356 e. The van der Waals surface area contributed by atoms with Gasteiger partial charge >= 0.3 is 0 Å². The van der Waals surface area contributed by atoms with Crippen LogP contribution in [0.4, 0.5) is 0 Å². The maximum absolute atomic E-state index is 13.8. The number of carbonyl (C=O) groups excluding carboxylic acids is 5. The number of aromatic amines is 1. The third-order valence-electron chi connectivity index (χ3n) is 8.81. The summed E-state index contributed by atoms with van der Waals surface area (Å²) in [6.45, 7) is 2.84. The lowest BCUT2D eigenvalue weighted by Gasteiger charge is -2.33. The van der Waals surface area contributed by atoms with Crippen molar-refractivity contribution >= 4 is 40.4 Å². The summed E-state index contributed by atoms with van der Waals surface area (Å²) in [5.41, 5.74) is 2.18. The molecule has 2 heterocycles. The average Bonchev–Trinajstić information content (AvgIpc) is 3.65. The van der Waals surface area contributed by atoms with Crippen LogP contribution in [0.1, 0.15) is 61.6 Å². The van der Waals surface area contributed by atoms with Gasteiger partial charge in [0.15, 0.2) is 5.82 Å². The Morgan fingerprint density at radius 1 is 1.00 bits per heavy atom. The van der Waals surface area contributed by atoms with Crippen LogP contribution in [0, 0.1) is 17.8 Å². The summed E-state index contributed by atoms with van der Waals surface area (Å²) in [6.07, 6.45) is 4.70. The average molecular weight is 601 g/mol. The van der Waals surface area contributed by atoms with Crippen molar-refractivity contribution in [3.63, 3.8) is 0 Å². The predicted octanol–water partition coefficient (Wildman–Crippen LogP) is 2.73. The molecule has 2 aromatic carbocycles. The van der Waals surface area contributed by atoms with Gasteiger partial charge in [-0.1, -0.05) is 68.7 Å². The number of aromatic nitrogens is 2. The minimum absolute atomic E-state index is 0.00760. The van der Waals surface area contributed by atoms with E-state index in [0.717, 1.165) is 31.2 Å². The summed E-state index contributed by atoms with van der Waals surface area (Å²) in [5, 5.41) is 8.07. The molecule has 1 saturated carbocycles. The molecule has 2 unspecified atom stereocenters. The Bertz CT molecular complexity index is 1470. The highest BCUT2D eigenvalue weighted by atomic mass is 16.2. The second-order valence-corrected chi connectivity index (χ2v) is 12.0. The summed E-state index contributed by atoms with van der Waals surface area (Å²) in [6, 6.07) is 15.3. The number of imidazole rings is 1. The fourth-order valence-corrected chi connectivity index (χ4v) is 6.19. The first kappa shape index (κ1) is 30.9. The Kier molecular flexibility index (Phi) is 10.0. The molecule has 0 radical (unpaired) electrons. The van der Waals surface area contributed by atoms with Crippen LogP contribution in [0.25, 0.3) is 11.0 Å². The van der Waals surface area contributed by atoms with Crippen LogP contribution in [0.5, 0.6) is 0 Å². The predicted molar refractivity (Wildman–Crippen MR) is 164 cm³/mol. The van der Waals surface area contributed by atoms with Gasteiger partial charge in [-0.25, -0.2) is 4.98 Å². The normalized spacial score (nSPS) is 20.5. The highest BCUT2D eigenvalue weighted by Gasteiger charge is 2.35. The van der Waals surface area contributed by atoms with Gasteiger partial charge in [0.25, 0.3) is 11.8 Å². The van der Waals surface area contributed by atoms with Crippen molar-refractivity contribution in [2.75, 3.05) is 19.6 Å². The Balaban J connectivity index is 1.32. The number of fused-ring (bicyclic) bond motifs is 1. The number of amides is 4. The van der Waals surface area contributed by atoms with E-state index in [1.54, 1.807) is 6.07 Å². The van der Waals surface area contributed by atoms with E-state index in [-0.39, 0.29) is 37.2 Å². The van der Waals surface area contributed by atoms with Crippen molar-refractivity contribution in [1.29, 1.82) is 0 Å². The molecule has 1 aliphatic heterocycles. The van der Waals surface area contributed by atoms with E-state index < -0.39 is 35.5 Å². The van der Waals surface area contributed by atoms with E-state index >= 15 is 0 Å². The molecule has 1 aliphatic carbocycles. The number of hydrogen-bond donors (Lipinski definition) is 4. The molecule has 0 spiro atoms. The van der Waals surface area contributed by atoms with E-state index in [4.69, 9.17) is 0 Å². The fraction of sp³-hybridized carbons (Fsp3) is 0.455. The molecular weight excluding hydrogens is 560 g/mol. The zero-order valence-corrected chi connectivity index (χ0v) is 25.0. The second kappa shape index (κ2) is 14.3. The monoisotopic (exact) mass is 600 g/mol. The summed E-state index contributed by atoms with van der Waals surface area (Å²) >= 11 is 0. The molecule has 232 valence electrons. The molecule has 2 aliphatic rings. The third-order valence-corrected chi connectivity index (χ3v) is 8.81. The second-order valence-electron chi connectivity index (χ2n) is 12.0. The van der Waals surface area contributed by atoms with Crippen LogP contribution in [0.2, 0.25) is 0 Å². The summed E-state index contributed by atoms with van der Waals surface area (Å²) in [4.78, 5) is 74.9. The van der Waals surface area contributed by atoms with Gasteiger partial charge in [-0.3, -0.25) is 24.0 Å². The molecule has 0 bridgehead atoms. The zero-order valence-electron chi connectivity index (χ0n) is 25.0.